The van der Waals surface area contributed by atoms with E-state index in [0.29, 0.717) is 6.04 Å². The molecule has 0 aliphatic carbocycles. The maximum absolute atomic E-state index is 9.36. The molecule has 3 nitrogen and oxygen atoms in total. The largest absolute Gasteiger partial charge is 0.311 e. The number of nitrogens with one attached hydrogen (secondary N) is 1. The molecular formula is C11H19N3. The summed E-state index contributed by atoms with van der Waals surface area (Å²) in [6.45, 7) is 5.28. The average molecular weight is 193 g/mol. The smallest absolute Gasteiger partial charge is 0.121 e. The van der Waals surface area contributed by atoms with Gasteiger partial charge in [-0.1, -0.05) is 0 Å². The van der Waals surface area contributed by atoms with Crippen molar-refractivity contribution in [3.8, 4) is 6.07 Å². The third-order valence-corrected chi connectivity index (χ3v) is 3.65. The maximum Gasteiger partial charge on any atom is 0.121 e. The summed E-state index contributed by atoms with van der Waals surface area (Å²) in [5, 5.41) is 12.8. The highest BCUT2D eigenvalue weighted by Crippen LogP contribution is 2.28. The zero-order chi connectivity index (χ0) is 10.0. The molecule has 2 atom stereocenters. The van der Waals surface area contributed by atoms with Crippen LogP contribution in [0.5, 0.6) is 0 Å². The summed E-state index contributed by atoms with van der Waals surface area (Å²) in [7, 11) is 0. The predicted molar refractivity (Wildman–Crippen MR) is 55.8 cm³/mol. The fourth-order valence-electron chi connectivity index (χ4n) is 2.57. The van der Waals surface area contributed by atoms with Gasteiger partial charge in [0.2, 0.25) is 0 Å². The van der Waals surface area contributed by atoms with E-state index in [9.17, 15) is 5.26 Å². The van der Waals surface area contributed by atoms with Gasteiger partial charge in [0, 0.05) is 12.6 Å². The molecule has 2 heterocycles. The van der Waals surface area contributed by atoms with Crippen LogP contribution in [-0.4, -0.2) is 36.1 Å². The number of hydrogen-bond acceptors (Lipinski definition) is 3. The molecule has 2 aliphatic heterocycles. The molecule has 2 saturated heterocycles. The Balaban J connectivity index is 2.06. The van der Waals surface area contributed by atoms with Crippen LogP contribution >= 0.6 is 0 Å². The minimum Gasteiger partial charge on any atom is -0.311 e. The van der Waals surface area contributed by atoms with E-state index in [0.717, 1.165) is 32.5 Å². The van der Waals surface area contributed by atoms with E-state index in [1.807, 2.05) is 0 Å². The highest BCUT2D eigenvalue weighted by molar-refractivity contribution is 5.13. The zero-order valence-corrected chi connectivity index (χ0v) is 8.92. The Hall–Kier alpha value is -0.590. The van der Waals surface area contributed by atoms with Crippen LogP contribution in [0.25, 0.3) is 0 Å². The summed E-state index contributed by atoms with van der Waals surface area (Å²) in [6, 6.07) is 3.13. The van der Waals surface area contributed by atoms with Gasteiger partial charge < -0.3 is 5.32 Å². The number of likely N-dealkylation sites (tertiary alicyclic amines) is 1. The van der Waals surface area contributed by atoms with Crippen LogP contribution < -0.4 is 5.32 Å². The Morgan fingerprint density at radius 2 is 2.14 bits per heavy atom. The van der Waals surface area contributed by atoms with E-state index in [1.165, 1.54) is 12.8 Å². The van der Waals surface area contributed by atoms with Crippen molar-refractivity contribution in [1.29, 1.82) is 5.26 Å². The Labute approximate surface area is 86.1 Å². The van der Waals surface area contributed by atoms with Crippen LogP contribution in [0.3, 0.4) is 0 Å². The van der Waals surface area contributed by atoms with Crippen molar-refractivity contribution in [2.45, 2.75) is 44.2 Å². The highest BCUT2D eigenvalue weighted by Gasteiger charge is 2.40. The van der Waals surface area contributed by atoms with Gasteiger partial charge in [-0.3, -0.25) is 4.90 Å². The molecule has 14 heavy (non-hydrogen) atoms. The van der Waals surface area contributed by atoms with Crippen molar-refractivity contribution >= 4 is 0 Å². The number of nitrogens with zero attached hydrogens (tertiary/aromatic N) is 2. The minimum absolute atomic E-state index is 0.191. The second-order valence-electron chi connectivity index (χ2n) is 4.66. The first-order chi connectivity index (χ1) is 6.77. The third kappa shape index (κ3) is 1.65. The number of hydrogen-bond donors (Lipinski definition) is 1. The topological polar surface area (TPSA) is 39.1 Å². The maximum atomic E-state index is 9.36. The lowest BCUT2D eigenvalue weighted by atomic mass is 9.87. The SMILES string of the molecule is CC1CCC(C#N)(N2CCCC2)CN1. The number of piperidine rings is 1. The zero-order valence-electron chi connectivity index (χ0n) is 8.92. The summed E-state index contributed by atoms with van der Waals surface area (Å²) in [4.78, 5) is 2.38. The first kappa shape index (κ1) is 9.95. The van der Waals surface area contributed by atoms with Gasteiger partial charge in [-0.15, -0.1) is 0 Å². The van der Waals surface area contributed by atoms with Gasteiger partial charge in [0.05, 0.1) is 6.07 Å². The Kier molecular flexibility index (Phi) is 2.76. The van der Waals surface area contributed by atoms with E-state index >= 15 is 0 Å². The molecule has 0 saturated carbocycles. The molecule has 0 aromatic rings. The molecule has 2 aliphatic rings. The molecule has 0 radical (unpaired) electrons. The van der Waals surface area contributed by atoms with Crippen LogP contribution in [0, 0.1) is 11.3 Å². The summed E-state index contributed by atoms with van der Waals surface area (Å²) in [5.74, 6) is 0. The van der Waals surface area contributed by atoms with Gasteiger partial charge in [0.15, 0.2) is 0 Å². The fourth-order valence-corrected chi connectivity index (χ4v) is 2.57. The second-order valence-corrected chi connectivity index (χ2v) is 4.66. The number of nitriles is 1. The lowest BCUT2D eigenvalue weighted by molar-refractivity contribution is 0.125. The van der Waals surface area contributed by atoms with Crippen molar-refractivity contribution in [2.75, 3.05) is 19.6 Å². The molecule has 0 bridgehead atoms. The Bertz CT molecular complexity index is 229. The minimum atomic E-state index is -0.191. The third-order valence-electron chi connectivity index (χ3n) is 3.65. The van der Waals surface area contributed by atoms with E-state index in [-0.39, 0.29) is 5.54 Å². The molecule has 0 spiro atoms. The first-order valence-electron chi connectivity index (χ1n) is 5.66. The fraction of sp³-hybridized carbons (Fsp3) is 0.909. The molecule has 0 amide bonds. The Morgan fingerprint density at radius 3 is 2.64 bits per heavy atom. The van der Waals surface area contributed by atoms with Crippen LogP contribution in [-0.2, 0) is 0 Å². The van der Waals surface area contributed by atoms with Gasteiger partial charge in [-0.05, 0) is 45.7 Å². The van der Waals surface area contributed by atoms with Crippen molar-refractivity contribution in [2.24, 2.45) is 0 Å². The lowest BCUT2D eigenvalue weighted by Gasteiger charge is -2.41. The molecule has 2 rings (SSSR count). The van der Waals surface area contributed by atoms with Gasteiger partial charge in [-0.2, -0.15) is 5.26 Å². The summed E-state index contributed by atoms with van der Waals surface area (Å²) < 4.78 is 0. The van der Waals surface area contributed by atoms with Gasteiger partial charge in [0.25, 0.3) is 0 Å². The van der Waals surface area contributed by atoms with Crippen molar-refractivity contribution < 1.29 is 0 Å². The lowest BCUT2D eigenvalue weighted by Crippen LogP contribution is -2.57. The number of rotatable bonds is 1. The molecule has 78 valence electrons. The standard InChI is InChI=1S/C11H19N3/c1-10-4-5-11(8-12,9-13-10)14-6-2-3-7-14/h10,13H,2-7,9H2,1H3. The summed E-state index contributed by atoms with van der Waals surface area (Å²) in [6.07, 6.45) is 4.69. The van der Waals surface area contributed by atoms with E-state index < -0.39 is 0 Å². The van der Waals surface area contributed by atoms with Crippen LogP contribution in [0.4, 0.5) is 0 Å². The molecule has 1 N–H and O–H groups in total. The summed E-state index contributed by atoms with van der Waals surface area (Å²) >= 11 is 0. The van der Waals surface area contributed by atoms with Crippen molar-refractivity contribution in [3.05, 3.63) is 0 Å². The van der Waals surface area contributed by atoms with Gasteiger partial charge >= 0.3 is 0 Å². The van der Waals surface area contributed by atoms with Crippen molar-refractivity contribution in [1.82, 2.24) is 10.2 Å². The first-order valence-corrected chi connectivity index (χ1v) is 5.66. The quantitative estimate of drug-likeness (QED) is 0.678. The van der Waals surface area contributed by atoms with Crippen molar-refractivity contribution in [3.63, 3.8) is 0 Å². The van der Waals surface area contributed by atoms with Crippen LogP contribution in [0.1, 0.15) is 32.6 Å². The highest BCUT2D eigenvalue weighted by atomic mass is 15.2. The van der Waals surface area contributed by atoms with E-state index in [4.69, 9.17) is 0 Å². The molecule has 2 unspecified atom stereocenters. The van der Waals surface area contributed by atoms with E-state index in [1.54, 1.807) is 0 Å². The van der Waals surface area contributed by atoms with Gasteiger partial charge in [0.1, 0.15) is 5.54 Å². The average Bonchev–Trinajstić information content (AvgIpc) is 2.73. The Morgan fingerprint density at radius 1 is 1.43 bits per heavy atom. The monoisotopic (exact) mass is 193 g/mol. The van der Waals surface area contributed by atoms with Gasteiger partial charge in [-0.25, -0.2) is 0 Å². The van der Waals surface area contributed by atoms with E-state index in [2.05, 4.69) is 23.2 Å². The molecule has 3 heteroatoms. The van der Waals surface area contributed by atoms with Crippen LogP contribution in [0.15, 0.2) is 0 Å². The molecular weight excluding hydrogens is 174 g/mol. The second kappa shape index (κ2) is 3.88. The molecule has 2 fully saturated rings. The molecule has 0 aromatic carbocycles. The molecule has 0 aromatic heterocycles. The summed E-state index contributed by atoms with van der Waals surface area (Å²) in [5.41, 5.74) is -0.191. The predicted octanol–water partition coefficient (Wildman–Crippen LogP) is 1.12. The van der Waals surface area contributed by atoms with Crippen LogP contribution in [0.2, 0.25) is 0 Å². The normalized spacial score (nSPS) is 39.6.